The molecule has 0 radical (unpaired) electrons. The third kappa shape index (κ3) is 9.30. The normalized spacial score (nSPS) is 15.9. The fourth-order valence-electron chi connectivity index (χ4n) is 13.0. The summed E-state index contributed by atoms with van der Waals surface area (Å²) in [7, 11) is 2.01. The molecule has 10 heteroatoms. The second-order valence-corrected chi connectivity index (χ2v) is 28.7. The number of hydrogen-bond acceptors (Lipinski definition) is 8. The molecular formula is C75H68N4O2S4. The monoisotopic (exact) mass is 1180 g/mol. The number of fused-ring (bicyclic) bond motifs is 9. The van der Waals surface area contributed by atoms with Crippen LogP contribution in [0.5, 0.6) is 0 Å². The van der Waals surface area contributed by atoms with Crippen LogP contribution >= 0.6 is 45.3 Å². The molecule has 0 spiro atoms. The first-order chi connectivity index (χ1) is 40.9. The Balaban J connectivity index is 1.15. The molecule has 5 aromatic carbocycles. The highest BCUT2D eigenvalue weighted by molar-refractivity contribution is 7.34. The van der Waals surface area contributed by atoms with Gasteiger partial charge in [-0.2, -0.15) is 0 Å². The van der Waals surface area contributed by atoms with Gasteiger partial charge in [-0.3, -0.25) is 0 Å². The van der Waals surface area contributed by atoms with E-state index >= 15 is 0 Å². The molecule has 0 amide bonds. The maximum Gasteiger partial charge on any atom is 0.292 e. The number of benzene rings is 5. The summed E-state index contributed by atoms with van der Waals surface area (Å²) in [5.41, 5.74) is 15.9. The van der Waals surface area contributed by atoms with Gasteiger partial charge in [0.25, 0.3) is 5.70 Å². The van der Waals surface area contributed by atoms with E-state index in [4.69, 9.17) is 17.9 Å². The number of hydrogen-bond donors (Lipinski definition) is 1. The Morgan fingerprint density at radius 2 is 0.976 bits per heavy atom. The van der Waals surface area contributed by atoms with Crippen molar-refractivity contribution in [3.8, 4) is 25.6 Å². The zero-order valence-corrected chi connectivity index (χ0v) is 53.3. The van der Waals surface area contributed by atoms with Crippen LogP contribution < -0.4 is 4.90 Å². The smallest absolute Gasteiger partial charge is 0.292 e. The largest absolute Gasteiger partial charge is 0.505 e. The summed E-state index contributed by atoms with van der Waals surface area (Å²) >= 11 is 7.61. The first-order valence-electron chi connectivity index (χ1n) is 29.3. The van der Waals surface area contributed by atoms with E-state index < -0.39 is 16.4 Å². The molecule has 0 bridgehead atoms. The number of nitriles is 1. The molecule has 0 atom stereocenters. The minimum absolute atomic E-state index is 0.0468. The maximum atomic E-state index is 9.90. The second kappa shape index (κ2) is 22.2. The van der Waals surface area contributed by atoms with Crippen molar-refractivity contribution in [1.29, 1.82) is 5.26 Å². The third-order valence-corrected chi connectivity index (χ3v) is 22.8. The average Bonchev–Trinajstić information content (AvgIpc) is 1.51. The minimum atomic E-state index is -0.940. The first kappa shape index (κ1) is 57.6. The summed E-state index contributed by atoms with van der Waals surface area (Å²) in [6.07, 6.45) is 8.60. The number of rotatable bonds is 15. The lowest BCUT2D eigenvalue weighted by atomic mass is 9.67. The van der Waals surface area contributed by atoms with E-state index in [1.807, 2.05) is 67.1 Å². The molecule has 0 saturated heterocycles. The molecule has 9 aromatic rings. The van der Waals surface area contributed by atoms with Gasteiger partial charge in [-0.15, -0.1) is 45.3 Å². The number of aliphatic hydroxyl groups is 1. The summed E-state index contributed by atoms with van der Waals surface area (Å²) in [6.45, 7) is 38.6. The SMILES string of the molecule is [C-]#[N+]C1=C(/C=C/c2cc3c(s2)-c2sc4c5c(sc4c2C3(c2ccc(C(C)C)cc2)c2ccc(C(C)C)cc2)-c2sc(/C=C/c3ccc(N(C)CCO)cc3)cc2C5(c2ccc(C(C)C)cc2)c2ccc(C(C)C)cc2)C(C)(C)O/C1=C(\C#N)[N+]#[C-]. The number of thiophene rings is 4. The van der Waals surface area contributed by atoms with Gasteiger partial charge in [0.1, 0.15) is 11.4 Å². The number of likely N-dealkylation sites (N-methyl/N-ethyl adjacent to an activating group) is 1. The van der Waals surface area contributed by atoms with Crippen LogP contribution in [0.25, 0.3) is 56.8 Å². The minimum Gasteiger partial charge on any atom is -0.505 e. The Morgan fingerprint density at radius 1 is 0.576 bits per heavy atom. The molecule has 2 aliphatic carbocycles. The first-order valence-corrected chi connectivity index (χ1v) is 32.6. The molecule has 1 N–H and O–H groups in total. The standard InChI is InChI=1S/C75H68N4O2S4/c1-43(2)48-17-25-52(26-18-48)74(53-27-19-49(20-28-53)44(3)4)60-40-57(35-16-47-14-33-56(34-15-47)79(13)38-39-80)82-67(60)69-63(74)71-72(84-69)64-70(85-71)68-61(41-58(83-68)36-37-59-65(78-12)66(62(42-76)77-11)81-73(59,9)10)75(64,54-29-21-50(22-30-54)45(5)6)55-31-23-51(24-32-55)46(7)8/h14-37,40-41,43-46,80H,38-39H2,1-10,13H3/b35-16+,37-36+,66-62+. The van der Waals surface area contributed by atoms with Crippen molar-refractivity contribution in [3.63, 3.8) is 0 Å². The zero-order chi connectivity index (χ0) is 59.9. The summed E-state index contributed by atoms with van der Waals surface area (Å²) in [5, 5.41) is 19.5. The fourth-order valence-corrected chi connectivity index (χ4v) is 18.6. The Kier molecular flexibility index (Phi) is 15.0. The van der Waals surface area contributed by atoms with E-state index in [0.717, 1.165) is 16.1 Å². The Hall–Kier alpha value is -7.85. The summed E-state index contributed by atoms with van der Waals surface area (Å²) in [4.78, 5) is 16.8. The lowest BCUT2D eigenvalue weighted by Crippen LogP contribution is -2.29. The van der Waals surface area contributed by atoms with Crippen LogP contribution in [0.15, 0.2) is 162 Å². The van der Waals surface area contributed by atoms with Gasteiger partial charge in [0, 0.05) is 45.7 Å². The second-order valence-electron chi connectivity index (χ2n) is 24.5. The van der Waals surface area contributed by atoms with Crippen LogP contribution in [0.4, 0.5) is 5.69 Å². The fraction of sp³-hybridized carbons (Fsp3) is 0.267. The third-order valence-electron chi connectivity index (χ3n) is 17.7. The molecule has 0 saturated carbocycles. The number of aliphatic hydroxyl groups excluding tert-OH is 1. The Labute approximate surface area is 517 Å². The van der Waals surface area contributed by atoms with Gasteiger partial charge in [-0.05, 0) is 135 Å². The predicted molar refractivity (Wildman–Crippen MR) is 359 cm³/mol. The van der Waals surface area contributed by atoms with E-state index in [1.54, 1.807) is 11.3 Å². The summed E-state index contributed by atoms with van der Waals surface area (Å²) in [6, 6.07) is 53.4. The number of nitrogens with zero attached hydrogens (tertiary/aromatic N) is 4. The molecule has 3 aliphatic rings. The molecule has 1 aliphatic heterocycles. The molecule has 6 nitrogen and oxygen atoms in total. The predicted octanol–water partition coefficient (Wildman–Crippen LogP) is 20.6. The van der Waals surface area contributed by atoms with Crippen LogP contribution in [0.3, 0.4) is 0 Å². The van der Waals surface area contributed by atoms with Crippen LogP contribution in [0.2, 0.25) is 0 Å². The van der Waals surface area contributed by atoms with Gasteiger partial charge in [-0.1, -0.05) is 177 Å². The van der Waals surface area contributed by atoms with Gasteiger partial charge in [-0.25, -0.2) is 15.0 Å². The van der Waals surface area contributed by atoms with Gasteiger partial charge in [0.15, 0.2) is 0 Å². The van der Waals surface area contributed by atoms with Crippen molar-refractivity contribution in [2.45, 2.75) is 109 Å². The number of allylic oxidation sites excluding steroid dienone is 1. The van der Waals surface area contributed by atoms with E-state index in [2.05, 4.69) is 222 Å². The molecule has 0 unspecified atom stereocenters. The molecule has 12 rings (SSSR count). The van der Waals surface area contributed by atoms with Crippen molar-refractivity contribution in [2.75, 3.05) is 25.1 Å². The Bertz CT molecular complexity index is 4220. The van der Waals surface area contributed by atoms with Gasteiger partial charge in [0.2, 0.25) is 5.70 Å². The average molecular weight is 1190 g/mol. The summed E-state index contributed by atoms with van der Waals surface area (Å²) < 4.78 is 8.89. The van der Waals surface area contributed by atoms with Crippen molar-refractivity contribution >= 4 is 78.7 Å². The highest BCUT2D eigenvalue weighted by Crippen LogP contribution is 2.70. The van der Waals surface area contributed by atoms with Crippen molar-refractivity contribution in [3.05, 3.63) is 267 Å². The molecule has 4 aromatic heterocycles. The highest BCUT2D eigenvalue weighted by Gasteiger charge is 2.55. The topological polar surface area (TPSA) is 65.2 Å². The Morgan fingerprint density at radius 3 is 1.33 bits per heavy atom. The molecule has 424 valence electrons. The van der Waals surface area contributed by atoms with Crippen molar-refractivity contribution in [2.24, 2.45) is 0 Å². The lowest BCUT2D eigenvalue weighted by Gasteiger charge is -2.34. The quantitative estimate of drug-likeness (QED) is 0.0821. The zero-order valence-electron chi connectivity index (χ0n) is 50.0. The molecular weight excluding hydrogens is 1120 g/mol. The van der Waals surface area contributed by atoms with Crippen LogP contribution in [-0.4, -0.2) is 30.9 Å². The van der Waals surface area contributed by atoms with Gasteiger partial charge >= 0.3 is 0 Å². The van der Waals surface area contributed by atoms with E-state index in [0.29, 0.717) is 35.8 Å². The number of anilines is 1. The van der Waals surface area contributed by atoms with Crippen LogP contribution in [-0.2, 0) is 15.6 Å². The van der Waals surface area contributed by atoms with E-state index in [9.17, 15) is 10.4 Å². The van der Waals surface area contributed by atoms with Crippen LogP contribution in [0, 0.1) is 24.5 Å². The highest BCUT2D eigenvalue weighted by atomic mass is 32.1. The van der Waals surface area contributed by atoms with E-state index in [-0.39, 0.29) is 23.8 Å². The van der Waals surface area contributed by atoms with Crippen molar-refractivity contribution in [1.82, 2.24) is 0 Å². The lowest BCUT2D eigenvalue weighted by molar-refractivity contribution is 0.0952. The molecule has 85 heavy (non-hydrogen) atoms. The summed E-state index contributed by atoms with van der Waals surface area (Å²) in [5.74, 6) is 1.50. The van der Waals surface area contributed by atoms with Crippen molar-refractivity contribution < 1.29 is 9.84 Å². The van der Waals surface area contributed by atoms with Gasteiger partial charge < -0.3 is 14.7 Å². The van der Waals surface area contributed by atoms with E-state index in [1.165, 1.54) is 101 Å². The molecule has 0 fully saturated rings. The van der Waals surface area contributed by atoms with Crippen LogP contribution in [0.1, 0.15) is 175 Å². The molecule has 5 heterocycles. The maximum absolute atomic E-state index is 9.90. The van der Waals surface area contributed by atoms with Gasteiger partial charge in [0.05, 0.1) is 65.6 Å². The number of ether oxygens (including phenoxy) is 1.